The van der Waals surface area contributed by atoms with E-state index in [4.69, 9.17) is 4.74 Å². The molecule has 7 nitrogen and oxygen atoms in total. The average molecular weight is 444 g/mol. The van der Waals surface area contributed by atoms with Gasteiger partial charge in [0.1, 0.15) is 5.75 Å². The second kappa shape index (κ2) is 7.77. The lowest BCUT2D eigenvalue weighted by molar-refractivity contribution is -0.113. The largest absolute Gasteiger partial charge is 0.497 e. The molecule has 0 bridgehead atoms. The number of hydrogen-bond donors (Lipinski definition) is 1. The fourth-order valence-electron chi connectivity index (χ4n) is 2.98. The van der Waals surface area contributed by atoms with Crippen molar-refractivity contribution in [2.45, 2.75) is 24.0 Å². The summed E-state index contributed by atoms with van der Waals surface area (Å²) in [5, 5.41) is 15.0. The molecule has 3 aromatic heterocycles. The molecule has 5 rings (SSSR count). The summed E-state index contributed by atoms with van der Waals surface area (Å²) in [6.45, 7) is 0. The summed E-state index contributed by atoms with van der Waals surface area (Å²) < 4.78 is 8.39. The van der Waals surface area contributed by atoms with Crippen molar-refractivity contribution in [3.63, 3.8) is 0 Å². The van der Waals surface area contributed by atoms with Gasteiger partial charge in [0.25, 0.3) is 0 Å². The van der Waals surface area contributed by atoms with E-state index in [2.05, 4.69) is 31.1 Å². The summed E-state index contributed by atoms with van der Waals surface area (Å²) in [4.78, 5) is 18.0. The van der Waals surface area contributed by atoms with E-state index < -0.39 is 0 Å². The molecule has 148 valence electrons. The molecule has 10 heteroatoms. The van der Waals surface area contributed by atoms with Crippen molar-refractivity contribution >= 4 is 55.7 Å². The van der Waals surface area contributed by atoms with Crippen LogP contribution in [-0.4, -0.2) is 38.5 Å². The topological polar surface area (TPSA) is 81.9 Å². The van der Waals surface area contributed by atoms with E-state index in [1.54, 1.807) is 18.4 Å². The number of ether oxygens (including phenoxy) is 1. The molecule has 0 atom stereocenters. The number of thiophene rings is 1. The highest BCUT2D eigenvalue weighted by atomic mass is 32.2. The molecule has 0 aliphatic heterocycles. The molecule has 1 aliphatic rings. The summed E-state index contributed by atoms with van der Waals surface area (Å²) in [5.74, 6) is 1.82. The van der Waals surface area contributed by atoms with Crippen LogP contribution in [0.15, 0.2) is 40.9 Å². The molecule has 0 saturated heterocycles. The fraction of sp³-hybridized carbons (Fsp3) is 0.263. The smallest absolute Gasteiger partial charge is 0.236 e. The van der Waals surface area contributed by atoms with Gasteiger partial charge in [0, 0.05) is 6.04 Å². The van der Waals surface area contributed by atoms with Crippen LogP contribution < -0.4 is 10.1 Å². The molecule has 4 aromatic rings. The molecule has 1 aliphatic carbocycles. The van der Waals surface area contributed by atoms with Crippen LogP contribution in [0.3, 0.4) is 0 Å². The number of thiazole rings is 1. The Hall–Kier alpha value is -2.43. The second-order valence-electron chi connectivity index (χ2n) is 6.57. The number of benzene rings is 1. The van der Waals surface area contributed by atoms with Crippen molar-refractivity contribution in [3.05, 3.63) is 35.7 Å². The Balaban J connectivity index is 1.28. The number of hydrogen-bond acceptors (Lipinski definition) is 8. The number of carbonyl (C=O) groups is 1. The highest BCUT2D eigenvalue weighted by molar-refractivity contribution is 7.99. The van der Waals surface area contributed by atoms with Crippen molar-refractivity contribution in [1.29, 1.82) is 0 Å². The van der Waals surface area contributed by atoms with Gasteiger partial charge in [-0.2, -0.15) is 0 Å². The van der Waals surface area contributed by atoms with Gasteiger partial charge >= 0.3 is 0 Å². The highest BCUT2D eigenvalue weighted by Gasteiger charge is 2.30. The molecular formula is C19H17N5O2S3. The molecule has 3 heterocycles. The van der Waals surface area contributed by atoms with Gasteiger partial charge in [-0.1, -0.05) is 29.2 Å². The van der Waals surface area contributed by atoms with Crippen LogP contribution in [0.4, 0.5) is 5.13 Å². The zero-order chi connectivity index (χ0) is 19.8. The van der Waals surface area contributed by atoms with Crippen LogP contribution in [0.25, 0.3) is 20.9 Å². The molecular weight excluding hydrogens is 426 g/mol. The van der Waals surface area contributed by atoms with E-state index in [1.807, 2.05) is 29.6 Å². The Bertz CT molecular complexity index is 1160. The fourth-order valence-corrected chi connectivity index (χ4v) is 5.40. The number of nitrogens with one attached hydrogen (secondary N) is 1. The molecule has 1 amide bonds. The van der Waals surface area contributed by atoms with Crippen molar-refractivity contribution in [2.24, 2.45) is 0 Å². The quantitative estimate of drug-likeness (QED) is 0.417. The monoisotopic (exact) mass is 443 g/mol. The van der Waals surface area contributed by atoms with Crippen LogP contribution in [0.5, 0.6) is 5.75 Å². The first-order valence-electron chi connectivity index (χ1n) is 9.07. The Kier molecular flexibility index (Phi) is 4.98. The summed E-state index contributed by atoms with van der Waals surface area (Å²) in [5.41, 5.74) is 0.841. The number of rotatable bonds is 7. The normalized spacial score (nSPS) is 13.7. The third kappa shape index (κ3) is 3.87. The molecule has 29 heavy (non-hydrogen) atoms. The number of nitrogens with zero attached hydrogens (tertiary/aromatic N) is 4. The van der Waals surface area contributed by atoms with E-state index in [0.29, 0.717) is 11.2 Å². The zero-order valence-electron chi connectivity index (χ0n) is 15.5. The third-order valence-corrected chi connectivity index (χ3v) is 7.23. The standard InChI is InChI=1S/C19H17N5O2S3/c1-26-12-6-7-13-15(9-12)29-18(20-13)21-16(25)10-28-19-23-22-17(14-3-2-8-27-14)24(19)11-4-5-11/h2-3,6-9,11H,4-5,10H2,1H3,(H,20,21,25). The number of aromatic nitrogens is 4. The first kappa shape index (κ1) is 18.6. The predicted octanol–water partition coefficient (Wildman–Crippen LogP) is 4.69. The number of anilines is 1. The number of fused-ring (bicyclic) bond motifs is 1. The molecule has 1 aromatic carbocycles. The van der Waals surface area contributed by atoms with Gasteiger partial charge in [-0.3, -0.25) is 9.36 Å². The van der Waals surface area contributed by atoms with Crippen LogP contribution >= 0.6 is 34.4 Å². The van der Waals surface area contributed by atoms with Crippen LogP contribution in [0.2, 0.25) is 0 Å². The molecule has 0 radical (unpaired) electrons. The summed E-state index contributed by atoms with van der Waals surface area (Å²) >= 11 is 4.50. The van der Waals surface area contributed by atoms with Gasteiger partial charge in [-0.05, 0) is 42.5 Å². The van der Waals surface area contributed by atoms with Crippen LogP contribution in [-0.2, 0) is 4.79 Å². The minimum atomic E-state index is -0.107. The van der Waals surface area contributed by atoms with E-state index in [0.717, 1.165) is 44.7 Å². The summed E-state index contributed by atoms with van der Waals surface area (Å²) in [7, 11) is 1.63. The van der Waals surface area contributed by atoms with E-state index in [1.165, 1.54) is 23.1 Å². The Morgan fingerprint density at radius 2 is 2.24 bits per heavy atom. The Morgan fingerprint density at radius 3 is 3.00 bits per heavy atom. The van der Waals surface area contributed by atoms with Gasteiger partial charge in [0.15, 0.2) is 16.1 Å². The minimum Gasteiger partial charge on any atom is -0.497 e. The number of amides is 1. The maximum Gasteiger partial charge on any atom is 0.236 e. The van der Waals surface area contributed by atoms with E-state index in [-0.39, 0.29) is 11.7 Å². The second-order valence-corrected chi connectivity index (χ2v) is 9.50. The molecule has 1 fully saturated rings. The van der Waals surface area contributed by atoms with Gasteiger partial charge in [-0.15, -0.1) is 21.5 Å². The number of thioether (sulfide) groups is 1. The Labute approximate surface area is 179 Å². The lowest BCUT2D eigenvalue weighted by Crippen LogP contribution is -2.14. The SMILES string of the molecule is COc1ccc2nc(NC(=O)CSc3nnc(-c4cccs4)n3C3CC3)sc2c1. The van der Waals surface area contributed by atoms with Crippen LogP contribution in [0.1, 0.15) is 18.9 Å². The van der Waals surface area contributed by atoms with E-state index >= 15 is 0 Å². The Morgan fingerprint density at radius 1 is 1.34 bits per heavy atom. The van der Waals surface area contributed by atoms with Crippen molar-refractivity contribution in [3.8, 4) is 16.5 Å². The number of methoxy groups -OCH3 is 1. The first-order chi connectivity index (χ1) is 14.2. The van der Waals surface area contributed by atoms with Gasteiger partial charge in [0.05, 0.1) is 28.0 Å². The zero-order valence-corrected chi connectivity index (χ0v) is 17.9. The maximum atomic E-state index is 12.5. The first-order valence-corrected chi connectivity index (χ1v) is 11.8. The highest BCUT2D eigenvalue weighted by Crippen LogP contribution is 2.41. The van der Waals surface area contributed by atoms with Crippen molar-refractivity contribution in [1.82, 2.24) is 19.7 Å². The average Bonchev–Trinajstić information content (AvgIpc) is 3.11. The summed E-state index contributed by atoms with van der Waals surface area (Å²) in [6, 6.07) is 10.2. The van der Waals surface area contributed by atoms with Crippen molar-refractivity contribution in [2.75, 3.05) is 18.2 Å². The van der Waals surface area contributed by atoms with Gasteiger partial charge in [0.2, 0.25) is 5.91 Å². The van der Waals surface area contributed by atoms with Gasteiger partial charge in [-0.25, -0.2) is 4.98 Å². The predicted molar refractivity (Wildman–Crippen MR) is 117 cm³/mol. The third-order valence-electron chi connectivity index (χ3n) is 4.49. The minimum absolute atomic E-state index is 0.107. The van der Waals surface area contributed by atoms with E-state index in [9.17, 15) is 4.79 Å². The maximum absolute atomic E-state index is 12.5. The molecule has 1 N–H and O–H groups in total. The molecule has 0 unspecified atom stereocenters. The lowest BCUT2D eigenvalue weighted by Gasteiger charge is -2.07. The van der Waals surface area contributed by atoms with Crippen LogP contribution in [0, 0.1) is 0 Å². The molecule has 0 spiro atoms. The lowest BCUT2D eigenvalue weighted by atomic mass is 10.3. The molecule has 1 saturated carbocycles. The van der Waals surface area contributed by atoms with Gasteiger partial charge < -0.3 is 10.1 Å². The van der Waals surface area contributed by atoms with Crippen molar-refractivity contribution < 1.29 is 9.53 Å². The number of carbonyl (C=O) groups excluding carboxylic acids is 1. The summed E-state index contributed by atoms with van der Waals surface area (Å²) in [6.07, 6.45) is 2.26.